The van der Waals surface area contributed by atoms with Gasteiger partial charge in [-0.15, -0.1) is 0 Å². The fourth-order valence-electron chi connectivity index (χ4n) is 2.85. The topological polar surface area (TPSA) is 63.2 Å². The number of sulfone groups is 1. The van der Waals surface area contributed by atoms with Gasteiger partial charge in [0.25, 0.3) is 0 Å². The maximum absolute atomic E-state index is 12.5. The summed E-state index contributed by atoms with van der Waals surface area (Å²) >= 11 is 0. The van der Waals surface area contributed by atoms with Gasteiger partial charge < -0.3 is 5.32 Å². The summed E-state index contributed by atoms with van der Waals surface area (Å²) in [5, 5.41) is 1.87. The Kier molecular flexibility index (Phi) is 5.27. The van der Waals surface area contributed by atoms with Crippen molar-refractivity contribution in [3.8, 4) is 0 Å². The zero-order valence-corrected chi connectivity index (χ0v) is 14.4. The second-order valence-electron chi connectivity index (χ2n) is 6.37. The molecule has 1 atom stereocenters. The van der Waals surface area contributed by atoms with Crippen molar-refractivity contribution < 1.29 is 13.2 Å². The molecule has 0 unspecified atom stereocenters. The molecule has 1 aromatic carbocycles. The van der Waals surface area contributed by atoms with Crippen molar-refractivity contribution in [2.24, 2.45) is 0 Å². The van der Waals surface area contributed by atoms with Crippen molar-refractivity contribution in [1.29, 1.82) is 0 Å². The van der Waals surface area contributed by atoms with Crippen LogP contribution in [0.3, 0.4) is 0 Å². The first-order valence-corrected chi connectivity index (χ1v) is 9.59. The normalized spacial score (nSPS) is 17.4. The van der Waals surface area contributed by atoms with Crippen molar-refractivity contribution in [2.75, 3.05) is 0 Å². The van der Waals surface area contributed by atoms with Crippen molar-refractivity contribution in [3.63, 3.8) is 0 Å². The summed E-state index contributed by atoms with van der Waals surface area (Å²) in [5.74, 6) is -0.447. The molecule has 1 saturated carbocycles. The lowest BCUT2D eigenvalue weighted by Gasteiger charge is -2.17. The van der Waals surface area contributed by atoms with E-state index in [9.17, 15) is 13.2 Å². The lowest BCUT2D eigenvalue weighted by Crippen LogP contribution is -2.42. The van der Waals surface area contributed by atoms with Gasteiger partial charge in [0, 0.05) is 6.04 Å². The average Bonchev–Trinajstić information content (AvgIpc) is 2.94. The molecular formula is C17H25NO3S. The standard InChI is InChI=1S/C17H25NO3S/c1-12-8-9-13(2)15(10-12)11-22(20,21)14(3)17(19)18-16-6-4-5-7-16/h8-10,14,16H,4-7,11H2,1-3H3,(H,18,19)/t14-/m0/s1. The fourth-order valence-corrected chi connectivity index (χ4v) is 4.24. The van der Waals surface area contributed by atoms with E-state index in [0.29, 0.717) is 0 Å². The smallest absolute Gasteiger partial charge is 0.238 e. The Balaban J connectivity index is 2.08. The van der Waals surface area contributed by atoms with Gasteiger partial charge in [-0.1, -0.05) is 36.6 Å². The third-order valence-corrected chi connectivity index (χ3v) is 6.48. The lowest BCUT2D eigenvalue weighted by molar-refractivity contribution is -0.121. The highest BCUT2D eigenvalue weighted by molar-refractivity contribution is 7.92. The molecule has 0 heterocycles. The molecule has 0 radical (unpaired) electrons. The highest BCUT2D eigenvalue weighted by atomic mass is 32.2. The summed E-state index contributed by atoms with van der Waals surface area (Å²) in [7, 11) is -3.51. The van der Waals surface area contributed by atoms with E-state index in [4.69, 9.17) is 0 Å². The summed E-state index contributed by atoms with van der Waals surface area (Å²) in [4.78, 5) is 12.2. The number of aryl methyl sites for hydroxylation is 2. The predicted molar refractivity (Wildman–Crippen MR) is 88.4 cm³/mol. The van der Waals surface area contributed by atoms with Crippen LogP contribution in [0, 0.1) is 13.8 Å². The number of benzene rings is 1. The molecule has 1 aliphatic rings. The summed E-state index contributed by atoms with van der Waals surface area (Å²) in [6.07, 6.45) is 4.12. The SMILES string of the molecule is Cc1ccc(C)c(CS(=O)(=O)[C@@H](C)C(=O)NC2CCCC2)c1. The third-order valence-electron chi connectivity index (χ3n) is 4.47. The molecule has 1 N–H and O–H groups in total. The van der Waals surface area contributed by atoms with Crippen LogP contribution < -0.4 is 5.32 Å². The van der Waals surface area contributed by atoms with E-state index in [1.54, 1.807) is 0 Å². The molecule has 1 fully saturated rings. The van der Waals surface area contributed by atoms with Crippen LogP contribution in [-0.2, 0) is 20.4 Å². The Morgan fingerprint density at radius 3 is 2.55 bits per heavy atom. The Bertz CT molecular complexity index is 646. The van der Waals surface area contributed by atoms with Gasteiger partial charge in [0.2, 0.25) is 5.91 Å². The van der Waals surface area contributed by atoms with Crippen LogP contribution in [-0.4, -0.2) is 25.6 Å². The van der Waals surface area contributed by atoms with Gasteiger partial charge in [0.15, 0.2) is 9.84 Å². The second-order valence-corrected chi connectivity index (χ2v) is 8.69. The number of hydrogen-bond acceptors (Lipinski definition) is 3. The van der Waals surface area contributed by atoms with Crippen molar-refractivity contribution in [2.45, 2.75) is 63.5 Å². The highest BCUT2D eigenvalue weighted by Gasteiger charge is 2.30. The molecule has 0 saturated heterocycles. The third kappa shape index (κ3) is 4.09. The molecule has 1 aromatic rings. The number of carbonyl (C=O) groups excluding carboxylic acids is 1. The molecule has 5 heteroatoms. The summed E-state index contributed by atoms with van der Waals surface area (Å²) in [6.45, 7) is 5.32. The Morgan fingerprint density at radius 1 is 1.27 bits per heavy atom. The van der Waals surface area contributed by atoms with Gasteiger partial charge in [-0.3, -0.25) is 4.79 Å². The number of nitrogens with one attached hydrogen (secondary N) is 1. The van der Waals surface area contributed by atoms with E-state index in [1.807, 2.05) is 32.0 Å². The van der Waals surface area contributed by atoms with Gasteiger partial charge in [-0.2, -0.15) is 0 Å². The zero-order valence-electron chi connectivity index (χ0n) is 13.6. The van der Waals surface area contributed by atoms with Crippen molar-refractivity contribution in [1.82, 2.24) is 5.32 Å². The van der Waals surface area contributed by atoms with E-state index in [1.165, 1.54) is 6.92 Å². The summed E-state index contributed by atoms with van der Waals surface area (Å²) in [5.41, 5.74) is 2.75. The molecule has 1 amide bonds. The van der Waals surface area contributed by atoms with E-state index in [-0.39, 0.29) is 17.7 Å². The quantitative estimate of drug-likeness (QED) is 0.906. The fraction of sp³-hybridized carbons (Fsp3) is 0.588. The Labute approximate surface area is 133 Å². The largest absolute Gasteiger partial charge is 0.352 e. The monoisotopic (exact) mass is 323 g/mol. The lowest BCUT2D eigenvalue weighted by atomic mass is 10.1. The number of carbonyl (C=O) groups is 1. The minimum absolute atomic E-state index is 0.0836. The van der Waals surface area contributed by atoms with Crippen LogP contribution in [0.5, 0.6) is 0 Å². The maximum atomic E-state index is 12.5. The first-order chi connectivity index (χ1) is 10.3. The van der Waals surface area contributed by atoms with Crippen LogP contribution in [0.25, 0.3) is 0 Å². The van der Waals surface area contributed by atoms with Gasteiger partial charge >= 0.3 is 0 Å². The molecule has 22 heavy (non-hydrogen) atoms. The molecule has 1 aliphatic carbocycles. The predicted octanol–water partition coefficient (Wildman–Crippen LogP) is 2.67. The van der Waals surface area contributed by atoms with Crippen molar-refractivity contribution in [3.05, 3.63) is 34.9 Å². The van der Waals surface area contributed by atoms with Crippen molar-refractivity contribution >= 4 is 15.7 Å². The molecule has 0 spiro atoms. The first kappa shape index (κ1) is 17.0. The van der Waals surface area contributed by atoms with Crippen LogP contribution in [0.4, 0.5) is 0 Å². The second kappa shape index (κ2) is 6.82. The van der Waals surface area contributed by atoms with E-state index >= 15 is 0 Å². The van der Waals surface area contributed by atoms with Gasteiger partial charge in [-0.05, 0) is 44.7 Å². The van der Waals surface area contributed by atoms with Crippen LogP contribution in [0.1, 0.15) is 49.3 Å². The van der Waals surface area contributed by atoms with E-state index in [0.717, 1.165) is 42.4 Å². The molecule has 2 rings (SSSR count). The zero-order chi connectivity index (χ0) is 16.3. The molecular weight excluding hydrogens is 298 g/mol. The number of hydrogen-bond donors (Lipinski definition) is 1. The molecule has 122 valence electrons. The minimum atomic E-state index is -3.51. The van der Waals surface area contributed by atoms with E-state index < -0.39 is 15.1 Å². The van der Waals surface area contributed by atoms with Crippen LogP contribution >= 0.6 is 0 Å². The molecule has 0 aromatic heterocycles. The van der Waals surface area contributed by atoms with Gasteiger partial charge in [0.1, 0.15) is 5.25 Å². The van der Waals surface area contributed by atoms with Crippen LogP contribution in [0.2, 0.25) is 0 Å². The van der Waals surface area contributed by atoms with Gasteiger partial charge in [0.05, 0.1) is 5.75 Å². The molecule has 0 bridgehead atoms. The molecule has 4 nitrogen and oxygen atoms in total. The van der Waals surface area contributed by atoms with E-state index in [2.05, 4.69) is 5.32 Å². The van der Waals surface area contributed by atoms with Crippen LogP contribution in [0.15, 0.2) is 18.2 Å². The number of rotatable bonds is 5. The average molecular weight is 323 g/mol. The first-order valence-electron chi connectivity index (χ1n) is 7.87. The number of amides is 1. The molecule has 0 aliphatic heterocycles. The summed E-state index contributed by atoms with van der Waals surface area (Å²) in [6, 6.07) is 5.91. The minimum Gasteiger partial charge on any atom is -0.352 e. The van der Waals surface area contributed by atoms with Gasteiger partial charge in [-0.25, -0.2) is 8.42 Å². The maximum Gasteiger partial charge on any atom is 0.238 e. The Morgan fingerprint density at radius 2 is 1.91 bits per heavy atom. The Hall–Kier alpha value is -1.36. The summed E-state index contributed by atoms with van der Waals surface area (Å²) < 4.78 is 25.0. The highest BCUT2D eigenvalue weighted by Crippen LogP contribution is 2.20.